The van der Waals surface area contributed by atoms with E-state index < -0.39 is 6.10 Å². The zero-order valence-corrected chi connectivity index (χ0v) is 11.7. The first-order valence-electron chi connectivity index (χ1n) is 6.51. The molecule has 0 saturated heterocycles. The summed E-state index contributed by atoms with van der Waals surface area (Å²) in [4.78, 5) is 0. The van der Waals surface area contributed by atoms with Gasteiger partial charge in [0.2, 0.25) is 0 Å². The summed E-state index contributed by atoms with van der Waals surface area (Å²) < 4.78 is 5.61. The Kier molecular flexibility index (Phi) is 4.23. The minimum Gasteiger partial charge on any atom is -0.491 e. The SMILES string of the molecule is Cc1ccc(OCC(O)c2ccc(C)cc2C)cc1. The molecular formula is C17H20O2. The van der Waals surface area contributed by atoms with Gasteiger partial charge in [0.1, 0.15) is 18.5 Å². The van der Waals surface area contributed by atoms with Gasteiger partial charge in [0.25, 0.3) is 0 Å². The number of ether oxygens (including phenoxy) is 1. The Morgan fingerprint density at radius 1 is 0.947 bits per heavy atom. The van der Waals surface area contributed by atoms with Crippen LogP contribution >= 0.6 is 0 Å². The number of aryl methyl sites for hydroxylation is 3. The Morgan fingerprint density at radius 3 is 2.21 bits per heavy atom. The van der Waals surface area contributed by atoms with Gasteiger partial charge in [0, 0.05) is 0 Å². The summed E-state index contributed by atoms with van der Waals surface area (Å²) in [6.45, 7) is 6.37. The molecule has 0 bridgehead atoms. The van der Waals surface area contributed by atoms with Crippen LogP contribution in [0.1, 0.15) is 28.4 Å². The normalized spacial score (nSPS) is 12.2. The fourth-order valence-electron chi connectivity index (χ4n) is 2.10. The van der Waals surface area contributed by atoms with Gasteiger partial charge >= 0.3 is 0 Å². The Hall–Kier alpha value is -1.80. The monoisotopic (exact) mass is 256 g/mol. The Labute approximate surface area is 114 Å². The lowest BCUT2D eigenvalue weighted by molar-refractivity contribution is 0.107. The quantitative estimate of drug-likeness (QED) is 0.903. The Bertz CT molecular complexity index is 544. The molecule has 0 fully saturated rings. The molecule has 19 heavy (non-hydrogen) atoms. The number of hydrogen-bond donors (Lipinski definition) is 1. The van der Waals surface area contributed by atoms with Gasteiger partial charge in [0.05, 0.1) is 0 Å². The highest BCUT2D eigenvalue weighted by molar-refractivity contribution is 5.32. The van der Waals surface area contributed by atoms with Gasteiger partial charge in [0.15, 0.2) is 0 Å². The van der Waals surface area contributed by atoms with Crippen LogP contribution in [0.15, 0.2) is 42.5 Å². The average Bonchev–Trinajstić information content (AvgIpc) is 2.37. The van der Waals surface area contributed by atoms with E-state index in [0.29, 0.717) is 0 Å². The molecule has 2 aromatic carbocycles. The predicted octanol–water partition coefficient (Wildman–Crippen LogP) is 3.72. The highest BCUT2D eigenvalue weighted by Crippen LogP contribution is 2.20. The van der Waals surface area contributed by atoms with Gasteiger partial charge in [-0.25, -0.2) is 0 Å². The van der Waals surface area contributed by atoms with E-state index in [0.717, 1.165) is 16.9 Å². The molecule has 2 rings (SSSR count). The van der Waals surface area contributed by atoms with E-state index >= 15 is 0 Å². The number of benzene rings is 2. The van der Waals surface area contributed by atoms with Gasteiger partial charge in [-0.05, 0) is 44.0 Å². The van der Waals surface area contributed by atoms with E-state index in [9.17, 15) is 5.11 Å². The van der Waals surface area contributed by atoms with Crippen LogP contribution in [-0.2, 0) is 0 Å². The van der Waals surface area contributed by atoms with Gasteiger partial charge in [-0.1, -0.05) is 41.5 Å². The molecule has 0 spiro atoms. The zero-order chi connectivity index (χ0) is 13.8. The summed E-state index contributed by atoms with van der Waals surface area (Å²) in [7, 11) is 0. The molecule has 2 aromatic rings. The van der Waals surface area contributed by atoms with E-state index in [4.69, 9.17) is 4.74 Å². The lowest BCUT2D eigenvalue weighted by Gasteiger charge is -2.15. The standard InChI is InChI=1S/C17H20O2/c1-12-4-7-15(8-5-12)19-11-17(18)16-9-6-13(2)10-14(16)3/h4-10,17-18H,11H2,1-3H3. The second kappa shape index (κ2) is 5.89. The van der Waals surface area contributed by atoms with Crippen molar-refractivity contribution >= 4 is 0 Å². The van der Waals surface area contributed by atoms with Crippen molar-refractivity contribution in [3.05, 3.63) is 64.7 Å². The number of hydrogen-bond acceptors (Lipinski definition) is 2. The smallest absolute Gasteiger partial charge is 0.119 e. The van der Waals surface area contributed by atoms with Crippen LogP contribution < -0.4 is 4.74 Å². The minimum atomic E-state index is -0.595. The Morgan fingerprint density at radius 2 is 1.58 bits per heavy atom. The summed E-state index contributed by atoms with van der Waals surface area (Å²) in [5.74, 6) is 0.786. The van der Waals surface area contributed by atoms with Gasteiger partial charge in [-0.3, -0.25) is 0 Å². The van der Waals surface area contributed by atoms with Crippen LogP contribution in [0.25, 0.3) is 0 Å². The van der Waals surface area contributed by atoms with E-state index in [1.165, 1.54) is 11.1 Å². The van der Waals surface area contributed by atoms with Crippen molar-refractivity contribution in [1.82, 2.24) is 0 Å². The first-order chi connectivity index (χ1) is 9.06. The summed E-state index contributed by atoms with van der Waals surface area (Å²) in [6, 6.07) is 13.9. The fraction of sp³-hybridized carbons (Fsp3) is 0.294. The van der Waals surface area contributed by atoms with Crippen molar-refractivity contribution in [1.29, 1.82) is 0 Å². The summed E-state index contributed by atoms with van der Waals surface area (Å²) in [6.07, 6.45) is -0.595. The van der Waals surface area contributed by atoms with Crippen molar-refractivity contribution in [2.24, 2.45) is 0 Å². The Balaban J connectivity index is 2.01. The summed E-state index contributed by atoms with van der Waals surface area (Å²) in [5, 5.41) is 10.2. The highest BCUT2D eigenvalue weighted by Gasteiger charge is 2.11. The largest absolute Gasteiger partial charge is 0.491 e. The van der Waals surface area contributed by atoms with Crippen LogP contribution in [0.3, 0.4) is 0 Å². The topological polar surface area (TPSA) is 29.5 Å². The third-order valence-electron chi connectivity index (χ3n) is 3.21. The maximum absolute atomic E-state index is 10.2. The van der Waals surface area contributed by atoms with Crippen molar-refractivity contribution < 1.29 is 9.84 Å². The molecule has 0 radical (unpaired) electrons. The van der Waals surface area contributed by atoms with Crippen molar-refractivity contribution in [2.75, 3.05) is 6.61 Å². The molecule has 1 atom stereocenters. The number of rotatable bonds is 4. The van der Waals surface area contributed by atoms with Crippen LogP contribution in [0, 0.1) is 20.8 Å². The third kappa shape index (κ3) is 3.58. The fourth-order valence-corrected chi connectivity index (χ4v) is 2.10. The van der Waals surface area contributed by atoms with Crippen molar-refractivity contribution in [2.45, 2.75) is 26.9 Å². The number of aliphatic hydroxyl groups is 1. The van der Waals surface area contributed by atoms with Crippen LogP contribution in [0.2, 0.25) is 0 Å². The molecule has 2 nitrogen and oxygen atoms in total. The van der Waals surface area contributed by atoms with Crippen LogP contribution in [0.5, 0.6) is 5.75 Å². The second-order valence-corrected chi connectivity index (χ2v) is 5.00. The van der Waals surface area contributed by atoms with Gasteiger partial charge in [-0.15, -0.1) is 0 Å². The maximum atomic E-state index is 10.2. The lowest BCUT2D eigenvalue weighted by Crippen LogP contribution is -2.11. The first-order valence-corrected chi connectivity index (χ1v) is 6.51. The predicted molar refractivity (Wildman–Crippen MR) is 77.5 cm³/mol. The summed E-state index contributed by atoms with van der Waals surface area (Å²) in [5.41, 5.74) is 4.42. The van der Waals surface area contributed by atoms with E-state index in [2.05, 4.69) is 6.07 Å². The molecule has 0 aliphatic carbocycles. The molecule has 100 valence electrons. The maximum Gasteiger partial charge on any atom is 0.119 e. The molecule has 0 amide bonds. The van der Waals surface area contributed by atoms with Gasteiger partial charge < -0.3 is 9.84 Å². The minimum absolute atomic E-state index is 0.271. The molecule has 0 heterocycles. The molecule has 1 unspecified atom stereocenters. The van der Waals surface area contributed by atoms with Crippen molar-refractivity contribution in [3.8, 4) is 5.75 Å². The number of aliphatic hydroxyl groups excluding tert-OH is 1. The highest BCUT2D eigenvalue weighted by atomic mass is 16.5. The van der Waals surface area contributed by atoms with Crippen LogP contribution in [0.4, 0.5) is 0 Å². The molecule has 0 aliphatic rings. The zero-order valence-electron chi connectivity index (χ0n) is 11.7. The average molecular weight is 256 g/mol. The first kappa shape index (κ1) is 13.6. The molecule has 2 heteroatoms. The third-order valence-corrected chi connectivity index (χ3v) is 3.21. The van der Waals surface area contributed by atoms with E-state index in [1.807, 2.05) is 57.2 Å². The summed E-state index contributed by atoms with van der Waals surface area (Å²) >= 11 is 0. The second-order valence-electron chi connectivity index (χ2n) is 5.00. The lowest BCUT2D eigenvalue weighted by atomic mass is 10.0. The van der Waals surface area contributed by atoms with Crippen LogP contribution in [-0.4, -0.2) is 11.7 Å². The molecular weight excluding hydrogens is 236 g/mol. The van der Waals surface area contributed by atoms with Crippen molar-refractivity contribution in [3.63, 3.8) is 0 Å². The van der Waals surface area contributed by atoms with Gasteiger partial charge in [-0.2, -0.15) is 0 Å². The molecule has 0 saturated carbocycles. The molecule has 1 N–H and O–H groups in total. The van der Waals surface area contributed by atoms with E-state index in [-0.39, 0.29) is 6.61 Å². The van der Waals surface area contributed by atoms with E-state index in [1.54, 1.807) is 0 Å². The molecule has 0 aliphatic heterocycles. The molecule has 0 aromatic heterocycles.